The van der Waals surface area contributed by atoms with Crippen LogP contribution in [0.4, 0.5) is 19.1 Å². The molecular weight excluding hydrogens is 513 g/mol. The van der Waals surface area contributed by atoms with Gasteiger partial charge in [-0.1, -0.05) is 6.07 Å². The summed E-state index contributed by atoms with van der Waals surface area (Å²) in [7, 11) is -4.51. The maximum absolute atomic E-state index is 12.7. The molecule has 0 N–H and O–H groups in total. The second kappa shape index (κ2) is 9.10. The van der Waals surface area contributed by atoms with Crippen molar-refractivity contribution in [2.45, 2.75) is 49.9 Å². The summed E-state index contributed by atoms with van der Waals surface area (Å²) in [5.74, 6) is -1.62. The fraction of sp³-hybridized carbons (Fsp3) is 0.500. The van der Waals surface area contributed by atoms with Gasteiger partial charge >= 0.3 is 6.18 Å². The number of sulfonamides is 1. The molecule has 5 rings (SSSR count). The number of piperidine rings is 1. The molecule has 0 radical (unpaired) electrons. The lowest BCUT2D eigenvalue weighted by atomic mass is 9.85. The van der Waals surface area contributed by atoms with Crippen LogP contribution in [0.15, 0.2) is 30.6 Å². The van der Waals surface area contributed by atoms with Crippen molar-refractivity contribution >= 4 is 28.0 Å². The van der Waals surface area contributed by atoms with Gasteiger partial charge in [0.1, 0.15) is 0 Å². The van der Waals surface area contributed by atoms with Crippen LogP contribution in [0.3, 0.4) is 0 Å². The first kappa shape index (κ1) is 25.2. The fourth-order valence-corrected chi connectivity index (χ4v) is 6.03. The predicted molar refractivity (Wildman–Crippen MR) is 125 cm³/mol. The minimum absolute atomic E-state index is 0.00857. The summed E-state index contributed by atoms with van der Waals surface area (Å²) in [6.07, 6.45) is 1.24. The van der Waals surface area contributed by atoms with Crippen LogP contribution >= 0.6 is 0 Å². The summed E-state index contributed by atoms with van der Waals surface area (Å²) in [6.45, 7) is -0.306. The van der Waals surface area contributed by atoms with Crippen molar-refractivity contribution < 1.29 is 26.4 Å². The maximum atomic E-state index is 12.7. The minimum Gasteiger partial charge on any atom is -0.279 e. The number of fused-ring (bicyclic) bond motifs is 1. The van der Waals surface area contributed by atoms with E-state index in [2.05, 4.69) is 21.3 Å². The van der Waals surface area contributed by atoms with E-state index in [9.17, 15) is 31.6 Å². The predicted octanol–water partition coefficient (Wildman–Crippen LogP) is 2.31. The minimum atomic E-state index is -4.83. The molecule has 196 valence electrons. The Morgan fingerprint density at radius 3 is 2.59 bits per heavy atom. The zero-order valence-electron chi connectivity index (χ0n) is 19.5. The number of rotatable bonds is 8. The molecule has 0 bridgehead atoms. The molecule has 1 saturated heterocycles. The molecular formula is C22H23F3N8O3S. The van der Waals surface area contributed by atoms with E-state index in [1.165, 1.54) is 4.90 Å². The first-order chi connectivity index (χ1) is 17.5. The van der Waals surface area contributed by atoms with Gasteiger partial charge in [-0.25, -0.2) is 17.2 Å². The lowest BCUT2D eigenvalue weighted by Gasteiger charge is -2.40. The molecule has 1 amide bonds. The molecule has 3 aromatic rings. The van der Waals surface area contributed by atoms with E-state index in [1.807, 2.05) is 0 Å². The molecule has 2 aliphatic rings. The number of aromatic nitrogens is 5. The largest absolute Gasteiger partial charge is 0.404 e. The van der Waals surface area contributed by atoms with Crippen LogP contribution < -0.4 is 4.90 Å². The van der Waals surface area contributed by atoms with Crippen LogP contribution in [0.25, 0.3) is 16.9 Å². The van der Waals surface area contributed by atoms with Crippen molar-refractivity contribution in [1.29, 1.82) is 5.26 Å². The summed E-state index contributed by atoms with van der Waals surface area (Å²) < 4.78 is 66.7. The average molecular weight is 537 g/mol. The number of alkyl halides is 3. The van der Waals surface area contributed by atoms with Gasteiger partial charge in [0, 0.05) is 30.9 Å². The zero-order chi connectivity index (χ0) is 26.4. The Labute approximate surface area is 210 Å². The number of carbonyl (C=O) groups excluding carboxylic acids is 1. The Kier molecular flexibility index (Phi) is 6.19. The Bertz CT molecular complexity index is 1460. The van der Waals surface area contributed by atoms with Gasteiger partial charge in [-0.2, -0.15) is 28.5 Å². The smallest absolute Gasteiger partial charge is 0.279 e. The Hall–Kier alpha value is -3.51. The fourth-order valence-electron chi connectivity index (χ4n) is 4.70. The molecule has 4 heterocycles. The van der Waals surface area contributed by atoms with Crippen LogP contribution in [0.5, 0.6) is 0 Å². The van der Waals surface area contributed by atoms with Gasteiger partial charge < -0.3 is 0 Å². The molecule has 3 aromatic heterocycles. The van der Waals surface area contributed by atoms with E-state index in [1.54, 1.807) is 39.8 Å². The molecule has 1 aliphatic heterocycles. The maximum Gasteiger partial charge on any atom is 0.404 e. The number of halogens is 3. The zero-order valence-corrected chi connectivity index (χ0v) is 20.4. The van der Waals surface area contributed by atoms with Crippen molar-refractivity contribution in [3.05, 3.63) is 30.6 Å². The Balaban J connectivity index is 1.42. The number of nitrogens with zero attached hydrogens (tertiary/aromatic N) is 8. The molecule has 1 aliphatic carbocycles. The third-order valence-corrected chi connectivity index (χ3v) is 8.64. The van der Waals surface area contributed by atoms with Gasteiger partial charge in [-0.3, -0.25) is 14.4 Å². The van der Waals surface area contributed by atoms with Crippen LogP contribution in [0.1, 0.15) is 32.1 Å². The van der Waals surface area contributed by atoms with Crippen LogP contribution in [-0.4, -0.2) is 74.6 Å². The average Bonchev–Trinajstić information content (AvgIpc) is 3.36. The number of carbonyl (C=O) groups is 1. The molecule has 0 aromatic carbocycles. The topological polar surface area (TPSA) is 129 Å². The van der Waals surface area contributed by atoms with Crippen LogP contribution in [0.2, 0.25) is 0 Å². The van der Waals surface area contributed by atoms with E-state index < -0.39 is 27.5 Å². The number of nitriles is 1. The van der Waals surface area contributed by atoms with E-state index in [-0.39, 0.29) is 38.4 Å². The third-order valence-electron chi connectivity index (χ3n) is 6.80. The summed E-state index contributed by atoms with van der Waals surface area (Å²) in [6, 6.07) is 7.56. The van der Waals surface area contributed by atoms with Crippen molar-refractivity contribution in [3.63, 3.8) is 0 Å². The first-order valence-electron chi connectivity index (χ1n) is 11.6. The van der Waals surface area contributed by atoms with Gasteiger partial charge in [-0.15, -0.1) is 5.10 Å². The van der Waals surface area contributed by atoms with Crippen LogP contribution in [-0.2, 0) is 20.4 Å². The van der Waals surface area contributed by atoms with Crippen molar-refractivity contribution in [2.24, 2.45) is 0 Å². The summed E-state index contributed by atoms with van der Waals surface area (Å²) in [5.41, 5.74) is 0.943. The van der Waals surface area contributed by atoms with Gasteiger partial charge in [-0.05, 0) is 37.8 Å². The summed E-state index contributed by atoms with van der Waals surface area (Å²) >= 11 is 0. The van der Waals surface area contributed by atoms with E-state index in [0.717, 1.165) is 23.6 Å². The molecule has 37 heavy (non-hydrogen) atoms. The Morgan fingerprint density at radius 1 is 1.24 bits per heavy atom. The number of hydrogen-bond acceptors (Lipinski definition) is 7. The van der Waals surface area contributed by atoms with E-state index in [4.69, 9.17) is 0 Å². The highest BCUT2D eigenvalue weighted by molar-refractivity contribution is 7.89. The van der Waals surface area contributed by atoms with Gasteiger partial charge in [0.15, 0.2) is 11.4 Å². The number of pyridine rings is 1. The van der Waals surface area contributed by atoms with Gasteiger partial charge in [0.05, 0.1) is 29.9 Å². The molecule has 0 unspecified atom stereocenters. The molecule has 0 atom stereocenters. The van der Waals surface area contributed by atoms with Gasteiger partial charge in [0.2, 0.25) is 16.4 Å². The molecule has 1 saturated carbocycles. The molecule has 2 fully saturated rings. The number of hydrogen-bond donors (Lipinski definition) is 0. The molecule has 15 heteroatoms. The second-order valence-corrected chi connectivity index (χ2v) is 11.3. The third kappa shape index (κ3) is 4.90. The monoisotopic (exact) mass is 536 g/mol. The molecule has 11 nitrogen and oxygen atoms in total. The summed E-state index contributed by atoms with van der Waals surface area (Å²) in [5, 5.41) is 18.4. The standard InChI is InChI=1S/C22H23F3N8O3S/c23-22(24,25)14-37(35,36)30-10-7-21(6-9-26,8-11-30)32-13-16(12-27-32)18-2-1-3-19-28-20(29-33(18)19)31(15-34)17-4-5-17/h1-3,12-13,15,17H,4-8,10-11,14H2. The lowest BCUT2D eigenvalue weighted by Crippen LogP contribution is -2.49. The van der Waals surface area contributed by atoms with E-state index in [0.29, 0.717) is 22.9 Å². The van der Waals surface area contributed by atoms with Crippen molar-refractivity contribution in [3.8, 4) is 17.3 Å². The highest BCUT2D eigenvalue weighted by Crippen LogP contribution is 2.36. The normalized spacial score (nSPS) is 18.5. The quantitative estimate of drug-likeness (QED) is 0.404. The Morgan fingerprint density at radius 2 is 1.97 bits per heavy atom. The van der Waals surface area contributed by atoms with Crippen molar-refractivity contribution in [2.75, 3.05) is 23.7 Å². The van der Waals surface area contributed by atoms with Crippen LogP contribution in [0, 0.1) is 11.3 Å². The first-order valence-corrected chi connectivity index (χ1v) is 13.2. The lowest BCUT2D eigenvalue weighted by molar-refractivity contribution is -0.108. The highest BCUT2D eigenvalue weighted by Gasteiger charge is 2.44. The second-order valence-electron chi connectivity index (χ2n) is 9.34. The molecule has 0 spiro atoms. The summed E-state index contributed by atoms with van der Waals surface area (Å²) in [4.78, 5) is 17.5. The van der Waals surface area contributed by atoms with Crippen molar-refractivity contribution in [1.82, 2.24) is 28.7 Å². The highest BCUT2D eigenvalue weighted by atomic mass is 32.2. The SMILES string of the molecule is N#CCC1(n2cc(-c3cccc4nc(N(C=O)C5CC5)nn34)cn2)CCN(S(=O)(=O)CC(F)(F)F)CC1. The van der Waals surface area contributed by atoms with Gasteiger partial charge in [0.25, 0.3) is 5.95 Å². The number of amides is 1. The van der Waals surface area contributed by atoms with E-state index >= 15 is 0 Å². The number of anilines is 1.